The van der Waals surface area contributed by atoms with Crippen molar-refractivity contribution in [2.75, 3.05) is 62.9 Å². The average molecular weight is 617 g/mol. The molecule has 3 aromatic rings. The van der Waals surface area contributed by atoms with Crippen LogP contribution >= 0.6 is 0 Å². The van der Waals surface area contributed by atoms with Crippen molar-refractivity contribution in [1.29, 1.82) is 0 Å². The van der Waals surface area contributed by atoms with Crippen molar-refractivity contribution in [3.05, 3.63) is 64.9 Å². The molecule has 2 aromatic carbocycles. The zero-order chi connectivity index (χ0) is 31.3. The summed E-state index contributed by atoms with van der Waals surface area (Å²) in [5, 5.41) is 12.6. The average Bonchev–Trinajstić information content (AvgIpc) is 3.46. The third kappa shape index (κ3) is 5.79. The molecule has 3 N–H and O–H groups in total. The zero-order valence-electron chi connectivity index (χ0n) is 24.5. The second-order valence-electron chi connectivity index (χ2n) is 11.4. The summed E-state index contributed by atoms with van der Waals surface area (Å²) in [5.41, 5.74) is 0.999. The third-order valence-corrected chi connectivity index (χ3v) is 9.82. The van der Waals surface area contributed by atoms with E-state index in [1.807, 2.05) is 6.07 Å². The van der Waals surface area contributed by atoms with Crippen LogP contribution in [0.5, 0.6) is 0 Å². The molecule has 0 bridgehead atoms. The number of benzene rings is 2. The molecule has 0 spiro atoms. The molecule has 0 radical (unpaired) electrons. The minimum absolute atomic E-state index is 0.101. The van der Waals surface area contributed by atoms with Crippen LogP contribution in [0.25, 0.3) is 0 Å². The Kier molecular flexibility index (Phi) is 7.92. The zero-order valence-corrected chi connectivity index (χ0v) is 25.3. The van der Waals surface area contributed by atoms with Gasteiger partial charge in [-0.05, 0) is 51.2 Å². The van der Waals surface area contributed by atoms with Gasteiger partial charge in [0, 0.05) is 64.1 Å². The highest BCUT2D eigenvalue weighted by Gasteiger charge is 2.48. The van der Waals surface area contributed by atoms with Crippen LogP contribution in [0.2, 0.25) is 0 Å². The first kappa shape index (κ1) is 30.4. The first-order chi connectivity index (χ1) is 20.2. The van der Waals surface area contributed by atoms with Crippen LogP contribution in [-0.4, -0.2) is 92.0 Å². The van der Waals surface area contributed by atoms with Crippen LogP contribution < -0.4 is 15.5 Å². The van der Waals surface area contributed by atoms with Gasteiger partial charge < -0.3 is 25.3 Å². The summed E-state index contributed by atoms with van der Waals surface area (Å²) in [6.45, 7) is 6.39. The molecular weight excluding hydrogens is 582 g/mol. The Hall–Kier alpha value is -4.08. The number of nitrogens with one attached hydrogen (secondary N) is 3. The van der Waals surface area contributed by atoms with Gasteiger partial charge in [-0.1, -0.05) is 0 Å². The summed E-state index contributed by atoms with van der Waals surface area (Å²) in [4.78, 5) is 31.4. The lowest BCUT2D eigenvalue weighted by Crippen LogP contribution is -2.44. The van der Waals surface area contributed by atoms with E-state index < -0.39 is 44.0 Å². The van der Waals surface area contributed by atoms with Gasteiger partial charge >= 0.3 is 6.03 Å². The van der Waals surface area contributed by atoms with Gasteiger partial charge in [-0.25, -0.2) is 22.0 Å². The van der Waals surface area contributed by atoms with Crippen molar-refractivity contribution in [2.45, 2.75) is 30.8 Å². The predicted molar refractivity (Wildman–Crippen MR) is 158 cm³/mol. The number of urea groups is 1. The first-order valence-corrected chi connectivity index (χ1v) is 15.1. The van der Waals surface area contributed by atoms with Gasteiger partial charge in [0.1, 0.15) is 11.6 Å². The summed E-state index contributed by atoms with van der Waals surface area (Å²) < 4.78 is 55.8. The number of carbonyl (C=O) groups is 2. The number of piperazine rings is 1. The van der Waals surface area contributed by atoms with Crippen LogP contribution in [0.3, 0.4) is 0 Å². The van der Waals surface area contributed by atoms with Gasteiger partial charge in [0.2, 0.25) is 10.0 Å². The lowest BCUT2D eigenvalue weighted by molar-refractivity contribution is 0.102. The number of sulfonamides is 1. The number of carbonyl (C=O) groups excluding carboxylic acids is 2. The third-order valence-electron chi connectivity index (χ3n) is 7.82. The second-order valence-corrected chi connectivity index (χ2v) is 13.3. The van der Waals surface area contributed by atoms with Gasteiger partial charge in [0.25, 0.3) is 5.91 Å². The van der Waals surface area contributed by atoms with E-state index in [2.05, 4.69) is 37.7 Å². The Balaban J connectivity index is 1.43. The summed E-state index contributed by atoms with van der Waals surface area (Å²) in [5.74, 6) is -2.50. The number of amides is 3. The maximum absolute atomic E-state index is 13.9. The van der Waals surface area contributed by atoms with Crippen molar-refractivity contribution in [3.63, 3.8) is 0 Å². The number of fused-ring (bicyclic) bond motifs is 1. The molecule has 12 nitrogen and oxygen atoms in total. The number of halogens is 2. The van der Waals surface area contributed by atoms with E-state index in [0.29, 0.717) is 23.0 Å². The molecule has 2 aliphatic rings. The molecule has 1 saturated heterocycles. The lowest BCUT2D eigenvalue weighted by atomic mass is 10.0. The van der Waals surface area contributed by atoms with Crippen LogP contribution in [0, 0.1) is 11.6 Å². The highest BCUT2D eigenvalue weighted by atomic mass is 32.2. The number of hydrogen-bond acceptors (Lipinski definition) is 7. The Labute approximate surface area is 248 Å². The van der Waals surface area contributed by atoms with Crippen molar-refractivity contribution >= 4 is 39.2 Å². The standard InChI is InChI=1S/C28H34F2N8O4S/c1-28(2)24-22(16-38(28)43(41,42)20-13-17(29)12-18(30)14-20)25(34-33-24)32-26(39)21-7-6-19(37-10-8-36(5)9-11-37)15-23(21)31-27(40)35(3)4/h6-7,12-15H,8-11,16H2,1-5H3,(H,31,40)(H2,32,33,34,39). The van der Waals surface area contributed by atoms with E-state index >= 15 is 0 Å². The second kappa shape index (κ2) is 11.2. The van der Waals surface area contributed by atoms with E-state index in [1.54, 1.807) is 40.1 Å². The highest BCUT2D eigenvalue weighted by molar-refractivity contribution is 7.89. The molecule has 1 fully saturated rings. The summed E-state index contributed by atoms with van der Waals surface area (Å²) >= 11 is 0. The van der Waals surface area contributed by atoms with Crippen molar-refractivity contribution in [2.24, 2.45) is 0 Å². The molecule has 5 rings (SSSR count). The SMILES string of the molecule is CN1CCN(c2ccc(C(=O)Nc3n[nH]c4c3CN(S(=O)(=O)c3cc(F)cc(F)c3)C4(C)C)c(NC(=O)N(C)C)c2)CC1. The molecule has 3 heterocycles. The molecule has 43 heavy (non-hydrogen) atoms. The fraction of sp³-hybridized carbons (Fsp3) is 0.393. The predicted octanol–water partition coefficient (Wildman–Crippen LogP) is 3.23. The van der Waals surface area contributed by atoms with Gasteiger partial charge in [0.15, 0.2) is 5.82 Å². The molecule has 230 valence electrons. The summed E-state index contributed by atoms with van der Waals surface area (Å²) in [7, 11) is 0.890. The number of hydrogen-bond donors (Lipinski definition) is 3. The molecule has 2 aliphatic heterocycles. The van der Waals surface area contributed by atoms with Gasteiger partial charge in [-0.2, -0.15) is 9.40 Å². The number of aromatic nitrogens is 2. The number of nitrogens with zero attached hydrogens (tertiary/aromatic N) is 5. The van der Waals surface area contributed by atoms with Crippen molar-refractivity contribution in [3.8, 4) is 0 Å². The highest BCUT2D eigenvalue weighted by Crippen LogP contribution is 2.44. The first-order valence-electron chi connectivity index (χ1n) is 13.6. The van der Waals surface area contributed by atoms with Crippen LogP contribution in [0.4, 0.5) is 30.8 Å². The molecule has 0 saturated carbocycles. The normalized spacial score (nSPS) is 17.0. The lowest BCUT2D eigenvalue weighted by Gasteiger charge is -2.34. The summed E-state index contributed by atoms with van der Waals surface area (Å²) in [6, 6.07) is 6.90. The van der Waals surface area contributed by atoms with E-state index in [1.165, 1.54) is 4.90 Å². The molecule has 0 atom stereocenters. The quantitative estimate of drug-likeness (QED) is 0.387. The molecule has 15 heteroatoms. The fourth-order valence-electron chi connectivity index (χ4n) is 5.28. The Morgan fingerprint density at radius 1 is 1.00 bits per heavy atom. The largest absolute Gasteiger partial charge is 0.369 e. The minimum atomic E-state index is -4.34. The van der Waals surface area contributed by atoms with Crippen LogP contribution in [0.15, 0.2) is 41.3 Å². The van der Waals surface area contributed by atoms with E-state index in [4.69, 9.17) is 0 Å². The number of likely N-dealkylation sites (N-methyl/N-ethyl adjacent to an activating group) is 1. The maximum atomic E-state index is 13.9. The van der Waals surface area contributed by atoms with Gasteiger partial charge in [-0.3, -0.25) is 9.89 Å². The van der Waals surface area contributed by atoms with E-state index in [-0.39, 0.29) is 17.9 Å². The van der Waals surface area contributed by atoms with Gasteiger partial charge in [-0.15, -0.1) is 0 Å². The minimum Gasteiger partial charge on any atom is -0.369 e. The number of aromatic amines is 1. The number of rotatable bonds is 6. The molecule has 1 aromatic heterocycles. The van der Waals surface area contributed by atoms with Crippen molar-refractivity contribution in [1.82, 2.24) is 24.3 Å². The molecule has 0 aliphatic carbocycles. The smallest absolute Gasteiger partial charge is 0.321 e. The number of anilines is 3. The molecule has 3 amide bonds. The molecular formula is C28H34F2N8O4S. The van der Waals surface area contributed by atoms with Crippen LogP contribution in [0.1, 0.15) is 35.5 Å². The van der Waals surface area contributed by atoms with Crippen molar-refractivity contribution < 1.29 is 26.8 Å². The molecule has 0 unspecified atom stereocenters. The fourth-order valence-corrected chi connectivity index (χ4v) is 7.05. The maximum Gasteiger partial charge on any atom is 0.321 e. The van der Waals surface area contributed by atoms with Crippen LogP contribution in [-0.2, 0) is 22.1 Å². The topological polar surface area (TPSA) is 134 Å². The monoisotopic (exact) mass is 616 g/mol. The Bertz CT molecular complexity index is 1660. The van der Waals surface area contributed by atoms with E-state index in [0.717, 1.165) is 48.3 Å². The van der Waals surface area contributed by atoms with Gasteiger partial charge in [0.05, 0.1) is 27.4 Å². The Morgan fingerprint density at radius 2 is 1.65 bits per heavy atom. The number of H-pyrrole nitrogens is 1. The van der Waals surface area contributed by atoms with E-state index in [9.17, 15) is 26.8 Å². The Morgan fingerprint density at radius 3 is 2.28 bits per heavy atom. The summed E-state index contributed by atoms with van der Waals surface area (Å²) in [6.07, 6.45) is 0.